The standard InChI is InChI=1S/C23H21F3N2O2/c1-15(22(29)28-20-10-6-5-9-19(20)24)27-21(16-7-3-2-4-8-16)17-11-13-18(14-12-17)30-23(25)26/h2-15,21,23,27H,1H3,(H,28,29)/p+1/t15-,21-/m1/s1. The van der Waals surface area contributed by atoms with Crippen LogP contribution in [0.4, 0.5) is 18.9 Å². The molecule has 3 rings (SSSR count). The van der Waals surface area contributed by atoms with E-state index >= 15 is 0 Å². The van der Waals surface area contributed by atoms with E-state index in [4.69, 9.17) is 0 Å². The van der Waals surface area contributed by atoms with Crippen LogP contribution in [0.25, 0.3) is 0 Å². The van der Waals surface area contributed by atoms with E-state index in [0.29, 0.717) is 0 Å². The van der Waals surface area contributed by atoms with Crippen LogP contribution in [0.15, 0.2) is 78.9 Å². The number of hydrogen-bond acceptors (Lipinski definition) is 2. The number of benzene rings is 3. The molecule has 3 N–H and O–H groups in total. The highest BCUT2D eigenvalue weighted by molar-refractivity contribution is 5.93. The third kappa shape index (κ3) is 5.61. The Labute approximate surface area is 172 Å². The quantitative estimate of drug-likeness (QED) is 0.582. The van der Waals surface area contributed by atoms with Gasteiger partial charge in [0.05, 0.1) is 5.69 Å². The van der Waals surface area contributed by atoms with Crippen molar-refractivity contribution in [2.45, 2.75) is 25.6 Å². The number of nitrogens with one attached hydrogen (secondary N) is 1. The van der Waals surface area contributed by atoms with Crippen molar-refractivity contribution >= 4 is 11.6 Å². The number of anilines is 1. The number of alkyl halides is 2. The molecule has 0 aliphatic rings. The summed E-state index contributed by atoms with van der Waals surface area (Å²) in [7, 11) is 0. The predicted molar refractivity (Wildman–Crippen MR) is 108 cm³/mol. The van der Waals surface area contributed by atoms with Crippen LogP contribution in [0.2, 0.25) is 0 Å². The molecule has 0 bridgehead atoms. The number of rotatable bonds is 8. The molecule has 30 heavy (non-hydrogen) atoms. The van der Waals surface area contributed by atoms with Crippen LogP contribution in [0, 0.1) is 5.82 Å². The van der Waals surface area contributed by atoms with Gasteiger partial charge in [0.1, 0.15) is 17.6 Å². The first kappa shape index (κ1) is 21.4. The Balaban J connectivity index is 1.79. The number of amides is 1. The van der Waals surface area contributed by atoms with Crippen molar-refractivity contribution in [2.75, 3.05) is 5.32 Å². The van der Waals surface area contributed by atoms with Gasteiger partial charge >= 0.3 is 6.61 Å². The summed E-state index contributed by atoms with van der Waals surface area (Å²) in [5.41, 5.74) is 1.87. The second kappa shape index (κ2) is 9.93. The van der Waals surface area contributed by atoms with Gasteiger partial charge in [0.15, 0.2) is 6.04 Å². The monoisotopic (exact) mass is 415 g/mol. The smallest absolute Gasteiger partial charge is 0.387 e. The molecule has 0 saturated carbocycles. The third-order valence-electron chi connectivity index (χ3n) is 4.65. The molecule has 0 spiro atoms. The Morgan fingerprint density at radius 3 is 2.13 bits per heavy atom. The highest BCUT2D eigenvalue weighted by Gasteiger charge is 2.25. The molecule has 2 atom stereocenters. The van der Waals surface area contributed by atoms with E-state index in [9.17, 15) is 18.0 Å². The van der Waals surface area contributed by atoms with Gasteiger partial charge in [0, 0.05) is 11.1 Å². The molecule has 0 heterocycles. The summed E-state index contributed by atoms with van der Waals surface area (Å²) in [6, 6.07) is 21.0. The van der Waals surface area contributed by atoms with Crippen molar-refractivity contribution in [2.24, 2.45) is 0 Å². The number of carbonyl (C=O) groups excluding carboxylic acids is 1. The maximum atomic E-state index is 13.8. The molecule has 7 heteroatoms. The van der Waals surface area contributed by atoms with Gasteiger partial charge in [-0.15, -0.1) is 0 Å². The van der Waals surface area contributed by atoms with Gasteiger partial charge in [-0.1, -0.05) is 42.5 Å². The van der Waals surface area contributed by atoms with E-state index < -0.39 is 18.5 Å². The number of hydrogen-bond donors (Lipinski definition) is 2. The van der Waals surface area contributed by atoms with Gasteiger partial charge in [0.25, 0.3) is 5.91 Å². The fourth-order valence-electron chi connectivity index (χ4n) is 3.12. The highest BCUT2D eigenvalue weighted by atomic mass is 19.3. The zero-order valence-corrected chi connectivity index (χ0v) is 16.3. The van der Waals surface area contributed by atoms with E-state index in [2.05, 4.69) is 10.1 Å². The molecule has 156 valence electrons. The van der Waals surface area contributed by atoms with Crippen molar-refractivity contribution < 1.29 is 28.0 Å². The fourth-order valence-corrected chi connectivity index (χ4v) is 3.12. The second-order valence-corrected chi connectivity index (χ2v) is 6.79. The van der Waals surface area contributed by atoms with E-state index in [0.717, 1.165) is 11.1 Å². The van der Waals surface area contributed by atoms with E-state index in [-0.39, 0.29) is 23.4 Å². The SMILES string of the molecule is C[C@@H]([NH2+][C@H](c1ccccc1)c1ccc(OC(F)F)cc1)C(=O)Nc1ccccc1F. The molecule has 0 radical (unpaired) electrons. The fraction of sp³-hybridized carbons (Fsp3) is 0.174. The Hall–Kier alpha value is -3.32. The summed E-state index contributed by atoms with van der Waals surface area (Å²) in [6.07, 6.45) is 0. The van der Waals surface area contributed by atoms with Gasteiger partial charge in [0.2, 0.25) is 0 Å². The van der Waals surface area contributed by atoms with E-state index in [1.165, 1.54) is 24.3 Å². The lowest BCUT2D eigenvalue weighted by molar-refractivity contribution is -0.704. The molecule has 3 aromatic rings. The maximum absolute atomic E-state index is 13.8. The van der Waals surface area contributed by atoms with Gasteiger partial charge in [-0.2, -0.15) is 8.78 Å². The first-order valence-corrected chi connectivity index (χ1v) is 9.44. The molecular weight excluding hydrogens is 393 g/mol. The number of halogens is 3. The van der Waals surface area contributed by atoms with Gasteiger partial charge in [-0.25, -0.2) is 4.39 Å². The van der Waals surface area contributed by atoms with Crippen molar-refractivity contribution in [1.29, 1.82) is 0 Å². The van der Waals surface area contributed by atoms with Gasteiger partial charge in [-0.05, 0) is 43.3 Å². The van der Waals surface area contributed by atoms with Crippen LogP contribution >= 0.6 is 0 Å². The lowest BCUT2D eigenvalue weighted by Gasteiger charge is -2.21. The lowest BCUT2D eigenvalue weighted by Crippen LogP contribution is -2.92. The summed E-state index contributed by atoms with van der Waals surface area (Å²) in [4.78, 5) is 12.6. The first-order chi connectivity index (χ1) is 14.4. The minimum absolute atomic E-state index is 0.0610. The highest BCUT2D eigenvalue weighted by Crippen LogP contribution is 2.22. The molecule has 0 saturated heterocycles. The number of carbonyl (C=O) groups is 1. The van der Waals surface area contributed by atoms with Crippen LogP contribution < -0.4 is 15.4 Å². The minimum atomic E-state index is -2.89. The summed E-state index contributed by atoms with van der Waals surface area (Å²) in [6.45, 7) is -1.17. The summed E-state index contributed by atoms with van der Waals surface area (Å²) in [5.74, 6) is -0.795. The number of nitrogens with two attached hydrogens (primary N) is 1. The van der Waals surface area contributed by atoms with E-state index in [1.54, 1.807) is 31.2 Å². The molecule has 0 aliphatic heterocycles. The van der Waals surface area contributed by atoms with Gasteiger partial charge < -0.3 is 15.4 Å². The first-order valence-electron chi connectivity index (χ1n) is 9.44. The third-order valence-corrected chi connectivity index (χ3v) is 4.65. The number of para-hydroxylation sites is 1. The predicted octanol–water partition coefficient (Wildman–Crippen LogP) is 4.11. The average molecular weight is 415 g/mol. The lowest BCUT2D eigenvalue weighted by atomic mass is 9.97. The van der Waals surface area contributed by atoms with E-state index in [1.807, 2.05) is 35.6 Å². The topological polar surface area (TPSA) is 54.9 Å². The average Bonchev–Trinajstić information content (AvgIpc) is 2.74. The normalized spacial score (nSPS) is 13.0. The maximum Gasteiger partial charge on any atom is 0.387 e. The Bertz CT molecular complexity index is 966. The molecule has 1 amide bonds. The van der Waals surface area contributed by atoms with Crippen LogP contribution in [-0.4, -0.2) is 18.6 Å². The van der Waals surface area contributed by atoms with Crippen molar-refractivity contribution in [3.63, 3.8) is 0 Å². The Morgan fingerprint density at radius 1 is 0.900 bits per heavy atom. The summed E-state index contributed by atoms with van der Waals surface area (Å²) in [5, 5.41) is 4.44. The Morgan fingerprint density at radius 2 is 1.50 bits per heavy atom. The molecule has 4 nitrogen and oxygen atoms in total. The van der Waals surface area contributed by atoms with Gasteiger partial charge in [-0.3, -0.25) is 4.79 Å². The summed E-state index contributed by atoms with van der Waals surface area (Å²) >= 11 is 0. The Kier molecular flexibility index (Phi) is 7.08. The van der Waals surface area contributed by atoms with Crippen molar-refractivity contribution in [3.8, 4) is 5.75 Å². The van der Waals surface area contributed by atoms with Crippen LogP contribution in [0.3, 0.4) is 0 Å². The number of quaternary nitrogens is 1. The zero-order chi connectivity index (χ0) is 21.5. The van der Waals surface area contributed by atoms with Crippen LogP contribution in [-0.2, 0) is 4.79 Å². The second-order valence-electron chi connectivity index (χ2n) is 6.79. The van der Waals surface area contributed by atoms with Crippen LogP contribution in [0.1, 0.15) is 24.1 Å². The van der Waals surface area contributed by atoms with Crippen molar-refractivity contribution in [3.05, 3.63) is 95.8 Å². The molecule has 0 aliphatic carbocycles. The molecule has 0 aromatic heterocycles. The zero-order valence-electron chi connectivity index (χ0n) is 16.3. The minimum Gasteiger partial charge on any atom is -0.435 e. The van der Waals surface area contributed by atoms with Crippen molar-refractivity contribution in [1.82, 2.24) is 0 Å². The molecule has 0 fully saturated rings. The molecule has 0 unspecified atom stereocenters. The largest absolute Gasteiger partial charge is 0.435 e. The summed E-state index contributed by atoms with van der Waals surface area (Å²) < 4.78 is 43.1. The molecule has 3 aromatic carbocycles. The van der Waals surface area contributed by atoms with Crippen LogP contribution in [0.5, 0.6) is 5.75 Å². The number of ether oxygens (including phenoxy) is 1. The molecular formula is C23H22F3N2O2+.